The molecule has 0 spiro atoms. The van der Waals surface area contributed by atoms with Crippen LogP contribution in [0.2, 0.25) is 0 Å². The van der Waals surface area contributed by atoms with Crippen molar-refractivity contribution in [1.29, 1.82) is 0 Å². The second-order valence-corrected chi connectivity index (χ2v) is 7.68. The highest BCUT2D eigenvalue weighted by atomic mass is 35.5. The molecule has 1 aromatic heterocycles. The van der Waals surface area contributed by atoms with Crippen molar-refractivity contribution in [2.24, 2.45) is 0 Å². The summed E-state index contributed by atoms with van der Waals surface area (Å²) < 4.78 is 34.3. The molecule has 3 unspecified atom stereocenters. The number of nitrogens with one attached hydrogen (secondary N) is 1. The van der Waals surface area contributed by atoms with E-state index in [9.17, 15) is 13.6 Å². The fraction of sp³-hybridized carbons (Fsp3) is 0.167. The second kappa shape index (κ2) is 9.36. The van der Waals surface area contributed by atoms with Crippen molar-refractivity contribution in [1.82, 2.24) is 15.1 Å². The highest BCUT2D eigenvalue weighted by molar-refractivity contribution is 6.29. The molecule has 1 N–H and O–H groups in total. The van der Waals surface area contributed by atoms with Gasteiger partial charge in [0, 0.05) is 5.39 Å². The molecule has 3 aromatic carbocycles. The van der Waals surface area contributed by atoms with Gasteiger partial charge in [-0.3, -0.25) is 4.79 Å². The fourth-order valence-corrected chi connectivity index (χ4v) is 3.55. The molecule has 0 aliphatic heterocycles. The van der Waals surface area contributed by atoms with Crippen LogP contribution in [-0.4, -0.2) is 27.4 Å². The second-order valence-electron chi connectivity index (χ2n) is 7.30. The number of carbonyl (C=O) groups excluding carboxylic acids is 1. The Morgan fingerprint density at radius 3 is 2.50 bits per heavy atom. The molecule has 32 heavy (non-hydrogen) atoms. The average Bonchev–Trinajstić information content (AvgIpc) is 3.21. The van der Waals surface area contributed by atoms with E-state index in [-0.39, 0.29) is 5.82 Å². The molecule has 0 saturated heterocycles. The van der Waals surface area contributed by atoms with Crippen LogP contribution in [0.4, 0.5) is 8.78 Å². The molecule has 0 bridgehead atoms. The van der Waals surface area contributed by atoms with E-state index in [1.54, 1.807) is 36.0 Å². The van der Waals surface area contributed by atoms with Gasteiger partial charge in [-0.2, -0.15) is 5.10 Å². The molecule has 8 heteroatoms. The maximum absolute atomic E-state index is 13.2. The molecule has 0 saturated carbocycles. The van der Waals surface area contributed by atoms with Crippen LogP contribution in [0, 0.1) is 5.82 Å². The third-order valence-corrected chi connectivity index (χ3v) is 5.22. The molecule has 5 nitrogen and oxygen atoms in total. The van der Waals surface area contributed by atoms with Gasteiger partial charge < -0.3 is 10.1 Å². The lowest BCUT2D eigenvalue weighted by Gasteiger charge is -2.26. The van der Waals surface area contributed by atoms with Gasteiger partial charge in [0.05, 0.1) is 23.4 Å². The average molecular weight is 456 g/mol. The molecule has 1 heterocycles. The first-order chi connectivity index (χ1) is 15.4. The summed E-state index contributed by atoms with van der Waals surface area (Å²) in [5.74, 6) is -0.684. The number of nitrogens with zero attached hydrogens (tertiary/aromatic N) is 2. The predicted octanol–water partition coefficient (Wildman–Crippen LogP) is 5.32. The minimum Gasteiger partial charge on any atom is -0.484 e. The van der Waals surface area contributed by atoms with Crippen molar-refractivity contribution in [3.05, 3.63) is 90.4 Å². The first-order valence-electron chi connectivity index (χ1n) is 9.96. The van der Waals surface area contributed by atoms with E-state index < -0.39 is 23.7 Å². The Morgan fingerprint density at radius 2 is 1.81 bits per heavy atom. The summed E-state index contributed by atoms with van der Waals surface area (Å²) in [6, 6.07) is 20.3. The van der Waals surface area contributed by atoms with Crippen molar-refractivity contribution in [3.63, 3.8) is 0 Å². The van der Waals surface area contributed by atoms with Gasteiger partial charge in [-0.15, -0.1) is 0 Å². The van der Waals surface area contributed by atoms with Crippen LogP contribution < -0.4 is 10.1 Å². The number of ether oxygens (including phenoxy) is 1. The Kier molecular flexibility index (Phi) is 6.37. The number of aromatic nitrogens is 2. The van der Waals surface area contributed by atoms with Gasteiger partial charge in [-0.25, -0.2) is 13.5 Å². The molecule has 0 aliphatic carbocycles. The number of benzene rings is 3. The van der Waals surface area contributed by atoms with Crippen LogP contribution in [0.15, 0.2) is 79.0 Å². The fourth-order valence-electron chi connectivity index (χ4n) is 3.48. The summed E-state index contributed by atoms with van der Waals surface area (Å²) >= 11 is 5.26. The molecular formula is C24H20ClF2N3O2. The van der Waals surface area contributed by atoms with Crippen molar-refractivity contribution in [2.45, 2.75) is 24.7 Å². The number of alkyl halides is 2. The first kappa shape index (κ1) is 21.8. The highest BCUT2D eigenvalue weighted by Gasteiger charge is 2.25. The van der Waals surface area contributed by atoms with E-state index in [1.165, 1.54) is 12.1 Å². The molecular weight excluding hydrogens is 436 g/mol. The lowest BCUT2D eigenvalue weighted by molar-refractivity contribution is -0.124. The molecule has 0 radical (unpaired) electrons. The summed E-state index contributed by atoms with van der Waals surface area (Å²) in [6.07, 6.45) is 1.11. The Hall–Kier alpha value is -3.45. The minimum atomic E-state index is -2.14. The number of amides is 1. The number of rotatable bonds is 7. The normalized spacial score (nSPS) is 14.0. The third-order valence-electron chi connectivity index (χ3n) is 5.02. The number of hydrogen-bond acceptors (Lipinski definition) is 3. The number of fused-ring (bicyclic) bond motifs is 1. The molecule has 3 atom stereocenters. The molecule has 0 aliphatic rings. The lowest BCUT2D eigenvalue weighted by atomic mass is 10.0. The highest BCUT2D eigenvalue weighted by Crippen LogP contribution is 2.29. The smallest absolute Gasteiger partial charge is 0.270 e. The van der Waals surface area contributed by atoms with E-state index in [4.69, 9.17) is 16.3 Å². The number of carbonyl (C=O) groups is 1. The Labute approximate surface area is 188 Å². The van der Waals surface area contributed by atoms with Gasteiger partial charge in [0.25, 0.3) is 11.5 Å². The largest absolute Gasteiger partial charge is 0.484 e. The maximum atomic E-state index is 13.2. The molecule has 1 amide bonds. The molecule has 4 rings (SSSR count). The topological polar surface area (TPSA) is 56.1 Å². The maximum Gasteiger partial charge on any atom is 0.270 e. The van der Waals surface area contributed by atoms with Crippen LogP contribution in [-0.2, 0) is 4.79 Å². The van der Waals surface area contributed by atoms with Gasteiger partial charge in [0.1, 0.15) is 17.7 Å². The van der Waals surface area contributed by atoms with E-state index in [1.807, 2.05) is 42.5 Å². The zero-order chi connectivity index (χ0) is 22.7. The van der Waals surface area contributed by atoms with Crippen LogP contribution in [0.25, 0.3) is 16.6 Å². The van der Waals surface area contributed by atoms with E-state index in [0.717, 1.165) is 22.2 Å². The monoisotopic (exact) mass is 455 g/mol. The molecule has 4 aromatic rings. The van der Waals surface area contributed by atoms with Crippen molar-refractivity contribution in [3.8, 4) is 11.4 Å². The summed E-state index contributed by atoms with van der Waals surface area (Å²) in [5.41, 5.74) is 0.231. The SMILES string of the molecule is CC(NC(=O)C(F)Cl)C(Oc1ccc2c(cnn2-c2ccc(F)cc2)c1)c1ccccc1. The van der Waals surface area contributed by atoms with Crippen LogP contribution in [0.3, 0.4) is 0 Å². The Bertz CT molecular complexity index is 1210. The van der Waals surface area contributed by atoms with Crippen molar-refractivity contribution in [2.75, 3.05) is 0 Å². The van der Waals surface area contributed by atoms with Gasteiger partial charge in [-0.1, -0.05) is 41.9 Å². The van der Waals surface area contributed by atoms with Gasteiger partial charge >= 0.3 is 0 Å². The van der Waals surface area contributed by atoms with Crippen LogP contribution in [0.5, 0.6) is 5.75 Å². The standard InChI is InChI=1S/C24H20ClF2N3O2/c1-15(29-24(31)23(25)27)22(16-5-3-2-4-6-16)32-20-11-12-21-17(13-20)14-28-30(21)19-9-7-18(26)8-10-19/h2-15,22-23H,1H3,(H,29,31). The quantitative estimate of drug-likeness (QED) is 0.383. The number of halogens is 3. The zero-order valence-electron chi connectivity index (χ0n) is 17.1. The minimum absolute atomic E-state index is 0.317. The number of hydrogen-bond donors (Lipinski definition) is 1. The molecule has 164 valence electrons. The van der Waals surface area contributed by atoms with Crippen LogP contribution >= 0.6 is 11.6 Å². The Balaban J connectivity index is 1.62. The summed E-state index contributed by atoms with van der Waals surface area (Å²) in [6.45, 7) is 1.72. The molecule has 0 fully saturated rings. The van der Waals surface area contributed by atoms with Crippen molar-refractivity contribution >= 4 is 28.4 Å². The first-order valence-corrected chi connectivity index (χ1v) is 10.4. The van der Waals surface area contributed by atoms with Gasteiger partial charge in [-0.05, 0) is 55.0 Å². The third kappa shape index (κ3) is 4.73. The predicted molar refractivity (Wildman–Crippen MR) is 119 cm³/mol. The van der Waals surface area contributed by atoms with E-state index in [2.05, 4.69) is 10.4 Å². The van der Waals surface area contributed by atoms with E-state index >= 15 is 0 Å². The van der Waals surface area contributed by atoms with Gasteiger partial charge in [0.2, 0.25) is 0 Å². The summed E-state index contributed by atoms with van der Waals surface area (Å²) in [5, 5.41) is 7.76. The Morgan fingerprint density at radius 1 is 1.09 bits per heavy atom. The van der Waals surface area contributed by atoms with Crippen LogP contribution in [0.1, 0.15) is 18.6 Å². The lowest BCUT2D eigenvalue weighted by Crippen LogP contribution is -2.41. The van der Waals surface area contributed by atoms with Gasteiger partial charge in [0.15, 0.2) is 0 Å². The van der Waals surface area contributed by atoms with E-state index in [0.29, 0.717) is 5.75 Å². The van der Waals surface area contributed by atoms with Crippen molar-refractivity contribution < 1.29 is 18.3 Å². The summed E-state index contributed by atoms with van der Waals surface area (Å²) in [4.78, 5) is 11.8. The zero-order valence-corrected chi connectivity index (χ0v) is 17.8. The summed E-state index contributed by atoms with van der Waals surface area (Å²) in [7, 11) is 0.